The van der Waals surface area contributed by atoms with E-state index in [1.807, 2.05) is 6.92 Å². The first-order valence-corrected chi connectivity index (χ1v) is 9.99. The quantitative estimate of drug-likeness (QED) is 0.524. The van der Waals surface area contributed by atoms with Gasteiger partial charge in [-0.25, -0.2) is 4.39 Å². The van der Waals surface area contributed by atoms with Crippen molar-refractivity contribution in [2.45, 2.75) is 13.0 Å². The van der Waals surface area contributed by atoms with Crippen LogP contribution in [0.15, 0.2) is 52.1 Å². The topological polar surface area (TPSA) is 90.5 Å². The van der Waals surface area contributed by atoms with E-state index in [1.54, 1.807) is 17.0 Å². The van der Waals surface area contributed by atoms with E-state index in [0.717, 1.165) is 0 Å². The van der Waals surface area contributed by atoms with Gasteiger partial charge in [0.25, 0.3) is 5.91 Å². The number of amides is 1. The summed E-state index contributed by atoms with van der Waals surface area (Å²) >= 11 is 0. The number of nitrogens with zero attached hydrogens (tertiary/aromatic N) is 3. The summed E-state index contributed by atoms with van der Waals surface area (Å²) in [6, 6.07) is 9.00. The number of furan rings is 1. The number of aliphatic imine (C=N–C) groups is 1. The number of benzene rings is 1. The molecule has 2 N–H and O–H groups in total. The highest BCUT2D eigenvalue weighted by molar-refractivity contribution is 5.91. The van der Waals surface area contributed by atoms with Gasteiger partial charge in [-0.2, -0.15) is 0 Å². The zero-order valence-electron chi connectivity index (χ0n) is 17.0. The van der Waals surface area contributed by atoms with Crippen molar-refractivity contribution in [1.82, 2.24) is 15.1 Å². The number of aliphatic hydroxyl groups excluding tert-OH is 1. The van der Waals surface area contributed by atoms with Gasteiger partial charge in [0.15, 0.2) is 11.7 Å². The second-order valence-electron chi connectivity index (χ2n) is 6.87. The SMILES string of the molecule is CCNC(=NCC(O)COc1ccc(F)cc1)N1CCN(C(=O)c2ccco2)CC1. The van der Waals surface area contributed by atoms with E-state index in [0.29, 0.717) is 50.2 Å². The first kappa shape index (κ1) is 21.6. The van der Waals surface area contributed by atoms with Crippen molar-refractivity contribution < 1.29 is 23.4 Å². The lowest BCUT2D eigenvalue weighted by Crippen LogP contribution is -2.54. The lowest BCUT2D eigenvalue weighted by atomic mass is 10.3. The number of aliphatic hydroxyl groups is 1. The van der Waals surface area contributed by atoms with E-state index in [1.165, 1.54) is 30.5 Å². The number of hydrogen-bond donors (Lipinski definition) is 2. The number of rotatable bonds is 7. The molecule has 0 saturated carbocycles. The molecule has 1 saturated heterocycles. The Balaban J connectivity index is 1.49. The van der Waals surface area contributed by atoms with Gasteiger partial charge in [-0.05, 0) is 43.3 Å². The molecule has 0 spiro atoms. The minimum absolute atomic E-state index is 0.0555. The Hall–Kier alpha value is -3.07. The summed E-state index contributed by atoms with van der Waals surface area (Å²) in [5.74, 6) is 1.06. The third-order valence-electron chi connectivity index (χ3n) is 4.64. The minimum Gasteiger partial charge on any atom is -0.491 e. The first-order chi connectivity index (χ1) is 14.6. The van der Waals surface area contributed by atoms with Crippen molar-refractivity contribution in [3.8, 4) is 5.75 Å². The predicted molar refractivity (Wildman–Crippen MR) is 110 cm³/mol. The molecule has 0 radical (unpaired) electrons. The highest BCUT2D eigenvalue weighted by atomic mass is 19.1. The first-order valence-electron chi connectivity index (χ1n) is 9.99. The summed E-state index contributed by atoms with van der Waals surface area (Å²) in [5.41, 5.74) is 0. The van der Waals surface area contributed by atoms with Crippen LogP contribution in [-0.4, -0.2) is 78.8 Å². The summed E-state index contributed by atoms with van der Waals surface area (Å²) in [6.07, 6.45) is 0.690. The van der Waals surface area contributed by atoms with Gasteiger partial charge in [-0.1, -0.05) is 0 Å². The maximum atomic E-state index is 12.9. The van der Waals surface area contributed by atoms with Crippen molar-refractivity contribution in [3.63, 3.8) is 0 Å². The van der Waals surface area contributed by atoms with E-state index in [4.69, 9.17) is 9.15 Å². The Labute approximate surface area is 174 Å². The predicted octanol–water partition coefficient (Wildman–Crippen LogP) is 1.58. The van der Waals surface area contributed by atoms with E-state index in [9.17, 15) is 14.3 Å². The van der Waals surface area contributed by atoms with Crippen LogP contribution in [0.25, 0.3) is 0 Å². The van der Waals surface area contributed by atoms with Gasteiger partial charge in [0.2, 0.25) is 0 Å². The summed E-state index contributed by atoms with van der Waals surface area (Å²) in [6.45, 7) is 5.24. The van der Waals surface area contributed by atoms with Gasteiger partial charge in [0.05, 0.1) is 12.8 Å². The van der Waals surface area contributed by atoms with Gasteiger partial charge >= 0.3 is 0 Å². The van der Waals surface area contributed by atoms with E-state index < -0.39 is 6.10 Å². The number of piperazine rings is 1. The Morgan fingerprint density at radius 1 is 1.23 bits per heavy atom. The lowest BCUT2D eigenvalue weighted by molar-refractivity contribution is 0.0657. The molecule has 8 nitrogen and oxygen atoms in total. The standard InChI is InChI=1S/C21H27FN4O4/c1-2-23-21(24-14-17(27)15-30-18-7-5-16(22)6-8-18)26-11-9-25(10-12-26)20(28)19-4-3-13-29-19/h3-8,13,17,27H,2,9-12,14-15H2,1H3,(H,23,24). The molecule has 2 aromatic rings. The molecular weight excluding hydrogens is 391 g/mol. The molecule has 1 aromatic heterocycles. The molecule has 1 aromatic carbocycles. The minimum atomic E-state index is -0.800. The molecular formula is C21H27FN4O4. The molecule has 3 rings (SSSR count). The molecule has 162 valence electrons. The third-order valence-corrected chi connectivity index (χ3v) is 4.64. The Morgan fingerprint density at radius 2 is 1.93 bits per heavy atom. The number of carbonyl (C=O) groups is 1. The van der Waals surface area contributed by atoms with Crippen molar-refractivity contribution >= 4 is 11.9 Å². The smallest absolute Gasteiger partial charge is 0.289 e. The number of hydrogen-bond acceptors (Lipinski definition) is 5. The Kier molecular flexibility index (Phi) is 7.67. The van der Waals surface area contributed by atoms with Crippen LogP contribution in [0.1, 0.15) is 17.5 Å². The monoisotopic (exact) mass is 418 g/mol. The molecule has 1 unspecified atom stereocenters. The number of halogens is 1. The Morgan fingerprint density at radius 3 is 2.57 bits per heavy atom. The summed E-state index contributed by atoms with van der Waals surface area (Å²) in [4.78, 5) is 20.7. The van der Waals surface area contributed by atoms with Crippen LogP contribution >= 0.6 is 0 Å². The molecule has 1 amide bonds. The van der Waals surface area contributed by atoms with E-state index in [-0.39, 0.29) is 24.9 Å². The summed E-state index contributed by atoms with van der Waals surface area (Å²) in [7, 11) is 0. The van der Waals surface area contributed by atoms with Crippen LogP contribution in [0.5, 0.6) is 5.75 Å². The molecule has 30 heavy (non-hydrogen) atoms. The second-order valence-corrected chi connectivity index (χ2v) is 6.87. The van der Waals surface area contributed by atoms with Gasteiger partial charge in [0, 0.05) is 32.7 Å². The van der Waals surface area contributed by atoms with Crippen LogP contribution in [-0.2, 0) is 0 Å². The largest absolute Gasteiger partial charge is 0.491 e. The molecule has 1 aliphatic rings. The third kappa shape index (κ3) is 5.96. The van der Waals surface area contributed by atoms with Crippen LogP contribution < -0.4 is 10.1 Å². The van der Waals surface area contributed by atoms with Gasteiger partial charge in [0.1, 0.15) is 24.3 Å². The highest BCUT2D eigenvalue weighted by Gasteiger charge is 2.25. The average molecular weight is 418 g/mol. The highest BCUT2D eigenvalue weighted by Crippen LogP contribution is 2.12. The van der Waals surface area contributed by atoms with Crippen LogP contribution in [0, 0.1) is 5.82 Å². The average Bonchev–Trinajstić information content (AvgIpc) is 3.31. The van der Waals surface area contributed by atoms with E-state index in [2.05, 4.69) is 15.2 Å². The second kappa shape index (κ2) is 10.6. The van der Waals surface area contributed by atoms with Crippen molar-refractivity contribution in [3.05, 3.63) is 54.2 Å². The van der Waals surface area contributed by atoms with Crippen molar-refractivity contribution in [1.29, 1.82) is 0 Å². The maximum absolute atomic E-state index is 12.9. The van der Waals surface area contributed by atoms with Crippen molar-refractivity contribution in [2.24, 2.45) is 4.99 Å². The normalized spacial score (nSPS) is 15.8. The number of guanidine groups is 1. The fourth-order valence-electron chi connectivity index (χ4n) is 3.07. The number of nitrogens with one attached hydrogen (secondary N) is 1. The fraction of sp³-hybridized carbons (Fsp3) is 0.429. The fourth-order valence-corrected chi connectivity index (χ4v) is 3.07. The maximum Gasteiger partial charge on any atom is 0.289 e. The van der Waals surface area contributed by atoms with Crippen LogP contribution in [0.3, 0.4) is 0 Å². The number of carbonyl (C=O) groups excluding carboxylic acids is 1. The molecule has 1 aliphatic heterocycles. The Bertz CT molecular complexity index is 818. The summed E-state index contributed by atoms with van der Waals surface area (Å²) < 4.78 is 23.6. The van der Waals surface area contributed by atoms with Gasteiger partial charge in [-0.15, -0.1) is 0 Å². The molecule has 1 fully saturated rings. The van der Waals surface area contributed by atoms with Gasteiger partial charge in [-0.3, -0.25) is 9.79 Å². The van der Waals surface area contributed by atoms with Crippen LogP contribution in [0.2, 0.25) is 0 Å². The number of ether oxygens (including phenoxy) is 1. The van der Waals surface area contributed by atoms with Crippen LogP contribution in [0.4, 0.5) is 4.39 Å². The lowest BCUT2D eigenvalue weighted by Gasteiger charge is -2.36. The van der Waals surface area contributed by atoms with Crippen molar-refractivity contribution in [2.75, 3.05) is 45.9 Å². The van der Waals surface area contributed by atoms with Gasteiger partial charge < -0.3 is 29.4 Å². The molecule has 9 heteroatoms. The molecule has 2 heterocycles. The summed E-state index contributed by atoms with van der Waals surface area (Å²) in [5, 5.41) is 13.4. The zero-order chi connectivity index (χ0) is 21.3. The molecule has 0 aliphatic carbocycles. The van der Waals surface area contributed by atoms with E-state index >= 15 is 0 Å². The molecule has 0 bridgehead atoms. The zero-order valence-corrected chi connectivity index (χ0v) is 17.0. The molecule has 1 atom stereocenters.